The Bertz CT molecular complexity index is 1050. The van der Waals surface area contributed by atoms with Crippen LogP contribution in [0.1, 0.15) is 16.1 Å². The molecule has 25 heavy (non-hydrogen) atoms. The summed E-state index contributed by atoms with van der Waals surface area (Å²) in [6.07, 6.45) is 0.680. The summed E-state index contributed by atoms with van der Waals surface area (Å²) in [5.74, 6) is 1.89. The number of furan rings is 1. The van der Waals surface area contributed by atoms with Crippen molar-refractivity contribution in [2.24, 2.45) is 0 Å². The second-order valence-corrected chi connectivity index (χ2v) is 5.64. The second kappa shape index (κ2) is 6.20. The topological polar surface area (TPSA) is 69.1 Å². The summed E-state index contributed by atoms with van der Waals surface area (Å²) in [5.41, 5.74) is 3.64. The van der Waals surface area contributed by atoms with E-state index in [4.69, 9.17) is 8.94 Å². The van der Waals surface area contributed by atoms with Crippen LogP contribution in [0, 0.1) is 6.92 Å². The molecule has 4 aromatic rings. The van der Waals surface area contributed by atoms with Crippen LogP contribution in [0.2, 0.25) is 0 Å². The Morgan fingerprint density at radius 1 is 0.960 bits per heavy atom. The standard InChI is InChI=1S/C20H14N2O3/c1-13-5-2-3-8-17(13)19-21-20(25-22-19)15-7-4-6-14(11-15)18-10-9-16(12-23)24-18/h2-12H,1H3. The van der Waals surface area contributed by atoms with E-state index < -0.39 is 0 Å². The van der Waals surface area contributed by atoms with Gasteiger partial charge < -0.3 is 8.94 Å². The monoisotopic (exact) mass is 330 g/mol. The minimum absolute atomic E-state index is 0.292. The van der Waals surface area contributed by atoms with Crippen molar-refractivity contribution >= 4 is 6.29 Å². The molecule has 2 aromatic heterocycles. The van der Waals surface area contributed by atoms with Crippen LogP contribution in [0.4, 0.5) is 0 Å². The normalized spacial score (nSPS) is 10.8. The number of nitrogens with zero attached hydrogens (tertiary/aromatic N) is 2. The smallest absolute Gasteiger partial charge is 0.258 e. The predicted molar refractivity (Wildman–Crippen MR) is 93.0 cm³/mol. The first-order valence-electron chi connectivity index (χ1n) is 7.80. The fraction of sp³-hybridized carbons (Fsp3) is 0.0500. The number of rotatable bonds is 4. The van der Waals surface area contributed by atoms with E-state index in [2.05, 4.69) is 10.1 Å². The van der Waals surface area contributed by atoms with Crippen molar-refractivity contribution in [1.29, 1.82) is 0 Å². The lowest BCUT2D eigenvalue weighted by molar-refractivity contribution is 0.110. The lowest BCUT2D eigenvalue weighted by Gasteiger charge is -2.00. The number of benzene rings is 2. The van der Waals surface area contributed by atoms with E-state index in [0.29, 0.717) is 29.5 Å². The molecule has 0 aliphatic heterocycles. The average molecular weight is 330 g/mol. The highest BCUT2D eigenvalue weighted by Gasteiger charge is 2.13. The maximum Gasteiger partial charge on any atom is 0.258 e. The minimum Gasteiger partial charge on any atom is -0.453 e. The highest BCUT2D eigenvalue weighted by Crippen LogP contribution is 2.28. The van der Waals surface area contributed by atoms with E-state index in [1.54, 1.807) is 12.1 Å². The largest absolute Gasteiger partial charge is 0.453 e. The first-order chi connectivity index (χ1) is 12.2. The fourth-order valence-electron chi connectivity index (χ4n) is 2.65. The Hall–Kier alpha value is -3.47. The van der Waals surface area contributed by atoms with Gasteiger partial charge in [-0.3, -0.25) is 4.79 Å². The molecule has 4 rings (SSSR count). The number of aldehydes is 1. The zero-order valence-corrected chi connectivity index (χ0v) is 13.5. The quantitative estimate of drug-likeness (QED) is 0.503. The Morgan fingerprint density at radius 3 is 2.60 bits per heavy atom. The summed E-state index contributed by atoms with van der Waals surface area (Å²) < 4.78 is 10.9. The number of hydrogen-bond donors (Lipinski definition) is 0. The van der Waals surface area contributed by atoms with Gasteiger partial charge in [-0.15, -0.1) is 0 Å². The molecular weight excluding hydrogens is 316 g/mol. The molecule has 0 saturated heterocycles. The molecule has 0 saturated carbocycles. The maximum absolute atomic E-state index is 10.8. The van der Waals surface area contributed by atoms with Gasteiger partial charge >= 0.3 is 0 Å². The molecule has 2 aromatic carbocycles. The van der Waals surface area contributed by atoms with Crippen molar-refractivity contribution in [2.45, 2.75) is 6.92 Å². The number of aryl methyl sites for hydroxylation is 1. The van der Waals surface area contributed by atoms with E-state index >= 15 is 0 Å². The van der Waals surface area contributed by atoms with Gasteiger partial charge in [-0.2, -0.15) is 4.98 Å². The Morgan fingerprint density at radius 2 is 1.80 bits per heavy atom. The van der Waals surface area contributed by atoms with Crippen LogP contribution in [-0.4, -0.2) is 16.4 Å². The van der Waals surface area contributed by atoms with Crippen molar-refractivity contribution in [3.05, 3.63) is 72.0 Å². The van der Waals surface area contributed by atoms with Gasteiger partial charge in [0.15, 0.2) is 12.0 Å². The third kappa shape index (κ3) is 2.87. The van der Waals surface area contributed by atoms with Gasteiger partial charge in [0.05, 0.1) is 0 Å². The zero-order valence-electron chi connectivity index (χ0n) is 13.5. The molecule has 5 heteroatoms. The summed E-state index contributed by atoms with van der Waals surface area (Å²) in [6, 6.07) is 18.8. The number of carbonyl (C=O) groups excluding carboxylic acids is 1. The third-order valence-corrected chi connectivity index (χ3v) is 3.95. The summed E-state index contributed by atoms with van der Waals surface area (Å²) in [4.78, 5) is 15.3. The number of aromatic nitrogens is 2. The van der Waals surface area contributed by atoms with E-state index in [1.165, 1.54) is 0 Å². The minimum atomic E-state index is 0.292. The van der Waals surface area contributed by atoms with Gasteiger partial charge in [-0.1, -0.05) is 41.6 Å². The lowest BCUT2D eigenvalue weighted by Crippen LogP contribution is -1.85. The first kappa shape index (κ1) is 15.1. The van der Waals surface area contributed by atoms with Crippen LogP contribution in [0.3, 0.4) is 0 Å². The molecule has 0 aliphatic carbocycles. The zero-order chi connectivity index (χ0) is 17.2. The maximum atomic E-state index is 10.8. The lowest BCUT2D eigenvalue weighted by atomic mass is 10.1. The van der Waals surface area contributed by atoms with Crippen LogP contribution in [-0.2, 0) is 0 Å². The number of carbonyl (C=O) groups is 1. The predicted octanol–water partition coefficient (Wildman–Crippen LogP) is 4.78. The van der Waals surface area contributed by atoms with Crippen LogP contribution in [0.15, 0.2) is 69.6 Å². The number of hydrogen-bond acceptors (Lipinski definition) is 5. The highest BCUT2D eigenvalue weighted by atomic mass is 16.5. The molecule has 122 valence electrons. The first-order valence-corrected chi connectivity index (χ1v) is 7.80. The molecular formula is C20H14N2O3. The van der Waals surface area contributed by atoms with Gasteiger partial charge in [0.2, 0.25) is 5.82 Å². The second-order valence-electron chi connectivity index (χ2n) is 5.64. The third-order valence-electron chi connectivity index (χ3n) is 3.95. The van der Waals surface area contributed by atoms with Gasteiger partial charge in [0.25, 0.3) is 5.89 Å². The SMILES string of the molecule is Cc1ccccc1-c1noc(-c2cccc(-c3ccc(C=O)o3)c2)n1. The summed E-state index contributed by atoms with van der Waals surface area (Å²) in [6.45, 7) is 2.01. The molecule has 0 bridgehead atoms. The van der Waals surface area contributed by atoms with E-state index in [-0.39, 0.29) is 0 Å². The molecule has 0 amide bonds. The van der Waals surface area contributed by atoms with Crippen LogP contribution >= 0.6 is 0 Å². The van der Waals surface area contributed by atoms with Gasteiger partial charge in [0, 0.05) is 16.7 Å². The van der Waals surface area contributed by atoms with Crippen molar-refractivity contribution < 1.29 is 13.7 Å². The van der Waals surface area contributed by atoms with Gasteiger partial charge in [-0.25, -0.2) is 0 Å². The van der Waals surface area contributed by atoms with Crippen LogP contribution in [0.5, 0.6) is 0 Å². The van der Waals surface area contributed by atoms with Gasteiger partial charge in [-0.05, 0) is 36.8 Å². The molecule has 0 N–H and O–H groups in total. The molecule has 0 unspecified atom stereocenters. The van der Waals surface area contributed by atoms with E-state index in [1.807, 2.05) is 55.5 Å². The molecule has 0 fully saturated rings. The van der Waals surface area contributed by atoms with E-state index in [0.717, 1.165) is 22.3 Å². The van der Waals surface area contributed by atoms with Crippen molar-refractivity contribution in [1.82, 2.24) is 10.1 Å². The molecule has 5 nitrogen and oxygen atoms in total. The average Bonchev–Trinajstić information content (AvgIpc) is 3.32. The van der Waals surface area contributed by atoms with Gasteiger partial charge in [0.1, 0.15) is 5.76 Å². The molecule has 0 aliphatic rings. The molecule has 0 atom stereocenters. The van der Waals surface area contributed by atoms with Crippen LogP contribution < -0.4 is 0 Å². The molecule has 0 spiro atoms. The summed E-state index contributed by atoms with van der Waals surface area (Å²) in [7, 11) is 0. The summed E-state index contributed by atoms with van der Waals surface area (Å²) in [5, 5.41) is 4.09. The summed E-state index contributed by atoms with van der Waals surface area (Å²) >= 11 is 0. The fourth-order valence-corrected chi connectivity index (χ4v) is 2.65. The van der Waals surface area contributed by atoms with Crippen LogP contribution in [0.25, 0.3) is 34.2 Å². The van der Waals surface area contributed by atoms with Crippen molar-refractivity contribution in [3.63, 3.8) is 0 Å². The Kier molecular flexibility index (Phi) is 3.74. The van der Waals surface area contributed by atoms with Crippen molar-refractivity contribution in [3.8, 4) is 34.2 Å². The molecule has 2 heterocycles. The van der Waals surface area contributed by atoms with E-state index in [9.17, 15) is 4.79 Å². The Labute approximate surface area is 143 Å². The van der Waals surface area contributed by atoms with Crippen molar-refractivity contribution in [2.75, 3.05) is 0 Å². The Balaban J connectivity index is 1.70. The molecule has 0 radical (unpaired) electrons. The highest BCUT2D eigenvalue weighted by molar-refractivity contribution is 5.74.